The molecule has 0 unspecified atom stereocenters. The van der Waals surface area contributed by atoms with E-state index in [9.17, 15) is 0 Å². The summed E-state index contributed by atoms with van der Waals surface area (Å²) >= 11 is 0. The monoisotopic (exact) mass is 153 g/mol. The van der Waals surface area contributed by atoms with E-state index >= 15 is 0 Å². The Hall–Kier alpha value is -0.760. The minimum absolute atomic E-state index is 0.178. The lowest BCUT2D eigenvalue weighted by atomic mass is 10.1. The van der Waals surface area contributed by atoms with Crippen LogP contribution in [0, 0.1) is 0 Å². The molecule has 1 rings (SSSR count). The van der Waals surface area contributed by atoms with Crippen molar-refractivity contribution in [1.29, 1.82) is 0 Å². The van der Waals surface area contributed by atoms with Gasteiger partial charge in [-0.1, -0.05) is 0 Å². The lowest BCUT2D eigenvalue weighted by Gasteiger charge is -2.19. The van der Waals surface area contributed by atoms with Crippen LogP contribution in [0.5, 0.6) is 0 Å². The van der Waals surface area contributed by atoms with Gasteiger partial charge in [-0.25, -0.2) is 0 Å². The lowest BCUT2D eigenvalue weighted by molar-refractivity contribution is 0.422. The molecule has 2 heteroatoms. The van der Waals surface area contributed by atoms with E-state index in [2.05, 4.69) is 26.1 Å². The minimum Gasteiger partial charge on any atom is -0.472 e. The summed E-state index contributed by atoms with van der Waals surface area (Å²) in [5.74, 6) is 0. The molecule has 0 aliphatic carbocycles. The van der Waals surface area contributed by atoms with Gasteiger partial charge in [-0.2, -0.15) is 0 Å². The quantitative estimate of drug-likeness (QED) is 0.704. The van der Waals surface area contributed by atoms with Crippen molar-refractivity contribution in [1.82, 2.24) is 5.32 Å². The summed E-state index contributed by atoms with van der Waals surface area (Å²) in [5.41, 5.74) is 1.37. The molecule has 62 valence electrons. The zero-order valence-corrected chi connectivity index (χ0v) is 7.35. The van der Waals surface area contributed by atoms with Crippen LogP contribution in [0.2, 0.25) is 0 Å². The second-order valence-corrected chi connectivity index (χ2v) is 3.74. The Morgan fingerprint density at radius 2 is 2.18 bits per heavy atom. The summed E-state index contributed by atoms with van der Waals surface area (Å²) in [6.07, 6.45) is 3.46. The Labute approximate surface area is 67.6 Å². The molecule has 2 nitrogen and oxygen atoms in total. The minimum atomic E-state index is 0.178. The first kappa shape index (κ1) is 8.34. The van der Waals surface area contributed by atoms with Crippen LogP contribution >= 0.6 is 0 Å². The highest BCUT2D eigenvalue weighted by Crippen LogP contribution is 2.03. The van der Waals surface area contributed by atoms with Crippen LogP contribution in [-0.4, -0.2) is 5.54 Å². The van der Waals surface area contributed by atoms with Gasteiger partial charge in [0, 0.05) is 17.6 Å². The fraction of sp³-hybridized carbons (Fsp3) is 0.556. The molecule has 0 saturated carbocycles. The molecule has 1 heterocycles. The number of nitrogens with one attached hydrogen (secondary N) is 1. The molecule has 0 atom stereocenters. The predicted octanol–water partition coefficient (Wildman–Crippen LogP) is 2.17. The molecule has 0 radical (unpaired) electrons. The molecule has 0 spiro atoms. The normalized spacial score (nSPS) is 11.9. The smallest absolute Gasteiger partial charge is 0.0947 e. The molecule has 11 heavy (non-hydrogen) atoms. The third-order valence-electron chi connectivity index (χ3n) is 1.40. The van der Waals surface area contributed by atoms with Gasteiger partial charge in [-0.15, -0.1) is 0 Å². The number of hydrogen-bond donors (Lipinski definition) is 1. The third kappa shape index (κ3) is 3.23. The van der Waals surface area contributed by atoms with E-state index in [4.69, 9.17) is 4.42 Å². The number of rotatable bonds is 2. The molecular weight excluding hydrogens is 138 g/mol. The Morgan fingerprint density at radius 3 is 2.64 bits per heavy atom. The molecule has 1 aromatic rings. The van der Waals surface area contributed by atoms with E-state index in [1.54, 1.807) is 12.5 Å². The largest absolute Gasteiger partial charge is 0.472 e. The van der Waals surface area contributed by atoms with E-state index in [1.807, 2.05) is 6.07 Å². The Kier molecular flexibility index (Phi) is 2.35. The van der Waals surface area contributed by atoms with Gasteiger partial charge in [0.25, 0.3) is 0 Å². The fourth-order valence-corrected chi connectivity index (χ4v) is 0.760. The Morgan fingerprint density at radius 1 is 1.45 bits per heavy atom. The molecule has 0 aromatic carbocycles. The van der Waals surface area contributed by atoms with E-state index < -0.39 is 0 Å². The van der Waals surface area contributed by atoms with Crippen LogP contribution in [0.4, 0.5) is 0 Å². The highest BCUT2D eigenvalue weighted by molar-refractivity contribution is 5.04. The van der Waals surface area contributed by atoms with E-state index in [0.29, 0.717) is 0 Å². The van der Waals surface area contributed by atoms with Gasteiger partial charge in [0.2, 0.25) is 0 Å². The van der Waals surface area contributed by atoms with E-state index in [0.717, 1.165) is 6.54 Å². The van der Waals surface area contributed by atoms with Crippen molar-refractivity contribution in [3.63, 3.8) is 0 Å². The molecule has 1 aromatic heterocycles. The van der Waals surface area contributed by atoms with Crippen LogP contribution in [-0.2, 0) is 6.54 Å². The van der Waals surface area contributed by atoms with Crippen molar-refractivity contribution < 1.29 is 4.42 Å². The average Bonchev–Trinajstić information content (AvgIpc) is 2.32. The van der Waals surface area contributed by atoms with Crippen molar-refractivity contribution in [2.45, 2.75) is 32.9 Å². The number of furan rings is 1. The van der Waals surface area contributed by atoms with Gasteiger partial charge in [0.05, 0.1) is 12.5 Å². The van der Waals surface area contributed by atoms with Crippen LogP contribution in [0.1, 0.15) is 26.3 Å². The lowest BCUT2D eigenvalue weighted by Crippen LogP contribution is -2.34. The first-order valence-electron chi connectivity index (χ1n) is 3.84. The summed E-state index contributed by atoms with van der Waals surface area (Å²) in [6.45, 7) is 7.31. The maximum atomic E-state index is 4.94. The van der Waals surface area contributed by atoms with Crippen molar-refractivity contribution in [2.75, 3.05) is 0 Å². The summed E-state index contributed by atoms with van der Waals surface area (Å²) in [4.78, 5) is 0. The highest BCUT2D eigenvalue weighted by atomic mass is 16.3. The molecule has 1 N–H and O–H groups in total. The summed E-state index contributed by atoms with van der Waals surface area (Å²) in [6, 6.07) is 1.97. The molecule has 0 aliphatic heterocycles. The molecule has 0 aliphatic rings. The van der Waals surface area contributed by atoms with Crippen LogP contribution < -0.4 is 5.32 Å². The predicted molar refractivity (Wildman–Crippen MR) is 45.3 cm³/mol. The van der Waals surface area contributed by atoms with Gasteiger partial charge in [0.15, 0.2) is 0 Å². The van der Waals surface area contributed by atoms with Crippen molar-refractivity contribution in [3.8, 4) is 0 Å². The van der Waals surface area contributed by atoms with Gasteiger partial charge < -0.3 is 9.73 Å². The zero-order valence-electron chi connectivity index (χ0n) is 7.35. The standard InChI is InChI=1S/C9H15NO/c1-9(2,3)10-6-8-4-5-11-7-8/h4-5,7,10H,6H2,1-3H3. The topological polar surface area (TPSA) is 25.2 Å². The zero-order chi connectivity index (χ0) is 8.32. The first-order chi connectivity index (χ1) is 5.08. The number of hydrogen-bond acceptors (Lipinski definition) is 2. The summed E-state index contributed by atoms with van der Waals surface area (Å²) in [5, 5.41) is 3.36. The second kappa shape index (κ2) is 3.09. The van der Waals surface area contributed by atoms with Gasteiger partial charge >= 0.3 is 0 Å². The maximum absolute atomic E-state index is 4.94. The first-order valence-corrected chi connectivity index (χ1v) is 3.84. The van der Waals surface area contributed by atoms with Gasteiger partial charge in [0.1, 0.15) is 0 Å². The molecule has 0 saturated heterocycles. The molecule has 0 bridgehead atoms. The SMILES string of the molecule is CC(C)(C)NCc1ccoc1. The average molecular weight is 153 g/mol. The second-order valence-electron chi connectivity index (χ2n) is 3.74. The third-order valence-corrected chi connectivity index (χ3v) is 1.40. The van der Waals surface area contributed by atoms with Crippen LogP contribution in [0.25, 0.3) is 0 Å². The Bertz CT molecular complexity index is 196. The van der Waals surface area contributed by atoms with Gasteiger partial charge in [-0.3, -0.25) is 0 Å². The van der Waals surface area contributed by atoms with E-state index in [1.165, 1.54) is 5.56 Å². The van der Waals surface area contributed by atoms with Crippen molar-refractivity contribution >= 4 is 0 Å². The Balaban J connectivity index is 2.35. The van der Waals surface area contributed by atoms with Crippen LogP contribution in [0.15, 0.2) is 23.0 Å². The molecule has 0 amide bonds. The fourth-order valence-electron chi connectivity index (χ4n) is 0.760. The molecular formula is C9H15NO. The molecule has 0 fully saturated rings. The van der Waals surface area contributed by atoms with E-state index in [-0.39, 0.29) is 5.54 Å². The van der Waals surface area contributed by atoms with Crippen LogP contribution in [0.3, 0.4) is 0 Å². The van der Waals surface area contributed by atoms with Crippen molar-refractivity contribution in [2.24, 2.45) is 0 Å². The highest BCUT2D eigenvalue weighted by Gasteiger charge is 2.07. The van der Waals surface area contributed by atoms with Crippen molar-refractivity contribution in [3.05, 3.63) is 24.2 Å². The summed E-state index contributed by atoms with van der Waals surface area (Å²) in [7, 11) is 0. The summed E-state index contributed by atoms with van der Waals surface area (Å²) < 4.78 is 4.94. The maximum Gasteiger partial charge on any atom is 0.0947 e. The van der Waals surface area contributed by atoms with Gasteiger partial charge in [-0.05, 0) is 26.8 Å².